The number of thiol groups is 1. The van der Waals surface area contributed by atoms with Crippen LogP contribution in [-0.2, 0) is 0 Å². The molecule has 0 aromatic heterocycles. The number of hydrogen-bond acceptors (Lipinski definition) is 3. The lowest BCUT2D eigenvalue weighted by molar-refractivity contribution is 0.101. The van der Waals surface area contributed by atoms with Crippen molar-refractivity contribution in [1.29, 1.82) is 0 Å². The van der Waals surface area contributed by atoms with Gasteiger partial charge in [0.1, 0.15) is 5.75 Å². The van der Waals surface area contributed by atoms with E-state index in [0.29, 0.717) is 16.3 Å². The lowest BCUT2D eigenvalue weighted by Gasteiger charge is -2.13. The van der Waals surface area contributed by atoms with E-state index in [-0.39, 0.29) is 11.5 Å². The van der Waals surface area contributed by atoms with Gasteiger partial charge in [-0.25, -0.2) is 0 Å². The van der Waals surface area contributed by atoms with E-state index in [9.17, 15) is 4.79 Å². The molecule has 0 aliphatic carbocycles. The average Bonchev–Trinajstić information content (AvgIpc) is 2.24. The normalized spacial score (nSPS) is 10.2. The van der Waals surface area contributed by atoms with Crippen LogP contribution in [0.5, 0.6) is 5.75 Å². The SMILES string of the molecule is COc1cc(C)c(Cl)c(C)c1C(=O)CS. The van der Waals surface area contributed by atoms with E-state index in [4.69, 9.17) is 16.3 Å². The smallest absolute Gasteiger partial charge is 0.176 e. The number of aryl methyl sites for hydroxylation is 1. The number of carbonyl (C=O) groups excluding carboxylic acids is 1. The van der Waals surface area contributed by atoms with Crippen LogP contribution in [-0.4, -0.2) is 18.6 Å². The number of halogens is 1. The molecule has 0 radical (unpaired) electrons. The minimum Gasteiger partial charge on any atom is -0.496 e. The van der Waals surface area contributed by atoms with E-state index in [0.717, 1.165) is 11.1 Å². The molecule has 0 unspecified atom stereocenters. The maximum atomic E-state index is 11.7. The van der Waals surface area contributed by atoms with Gasteiger partial charge in [-0.05, 0) is 31.0 Å². The Morgan fingerprint density at radius 1 is 1.53 bits per heavy atom. The molecule has 1 aromatic carbocycles. The van der Waals surface area contributed by atoms with Crippen LogP contribution in [0.25, 0.3) is 0 Å². The van der Waals surface area contributed by atoms with Gasteiger partial charge in [0.15, 0.2) is 5.78 Å². The van der Waals surface area contributed by atoms with Crippen molar-refractivity contribution in [3.05, 3.63) is 27.8 Å². The second-order valence-corrected chi connectivity index (χ2v) is 3.99. The zero-order chi connectivity index (χ0) is 11.6. The molecule has 1 rings (SSSR count). The van der Waals surface area contributed by atoms with Crippen molar-refractivity contribution in [2.75, 3.05) is 12.9 Å². The molecule has 0 atom stereocenters. The largest absolute Gasteiger partial charge is 0.496 e. The lowest BCUT2D eigenvalue weighted by atomic mass is 10.0. The molecule has 0 aliphatic rings. The molecule has 15 heavy (non-hydrogen) atoms. The molecule has 82 valence electrons. The molecule has 4 heteroatoms. The molecule has 2 nitrogen and oxygen atoms in total. The molecule has 0 amide bonds. The van der Waals surface area contributed by atoms with Gasteiger partial charge >= 0.3 is 0 Å². The van der Waals surface area contributed by atoms with E-state index in [1.165, 1.54) is 7.11 Å². The molecule has 0 aliphatic heterocycles. The Hall–Kier alpha value is -0.670. The van der Waals surface area contributed by atoms with Gasteiger partial charge in [0, 0.05) is 5.02 Å². The quantitative estimate of drug-likeness (QED) is 0.653. The lowest BCUT2D eigenvalue weighted by Crippen LogP contribution is -2.07. The summed E-state index contributed by atoms with van der Waals surface area (Å²) in [5.41, 5.74) is 2.19. The number of ketones is 1. The minimum absolute atomic E-state index is 0.0745. The monoisotopic (exact) mass is 244 g/mol. The van der Waals surface area contributed by atoms with E-state index in [1.807, 2.05) is 13.8 Å². The maximum Gasteiger partial charge on any atom is 0.176 e. The number of carbonyl (C=O) groups is 1. The van der Waals surface area contributed by atoms with Gasteiger partial charge in [0.05, 0.1) is 18.4 Å². The summed E-state index contributed by atoms with van der Waals surface area (Å²) in [5, 5.41) is 0.612. The van der Waals surface area contributed by atoms with Gasteiger partial charge < -0.3 is 4.74 Å². The van der Waals surface area contributed by atoms with Crippen molar-refractivity contribution in [1.82, 2.24) is 0 Å². The fourth-order valence-corrected chi connectivity index (χ4v) is 1.82. The molecule has 0 spiro atoms. The Morgan fingerprint density at radius 2 is 2.13 bits per heavy atom. The fraction of sp³-hybridized carbons (Fsp3) is 0.364. The minimum atomic E-state index is -0.0745. The van der Waals surface area contributed by atoms with Crippen molar-refractivity contribution in [3.8, 4) is 5.75 Å². The zero-order valence-corrected chi connectivity index (χ0v) is 10.6. The van der Waals surface area contributed by atoms with Crippen LogP contribution in [0.3, 0.4) is 0 Å². The van der Waals surface area contributed by atoms with E-state index >= 15 is 0 Å². The first-order chi connectivity index (χ1) is 7.02. The molecule has 0 saturated carbocycles. The number of Topliss-reactive ketones (excluding diaryl/α,β-unsaturated/α-hetero) is 1. The van der Waals surface area contributed by atoms with Crippen LogP contribution in [0.4, 0.5) is 0 Å². The first-order valence-corrected chi connectivity index (χ1v) is 5.51. The van der Waals surface area contributed by atoms with Crippen LogP contribution in [0.15, 0.2) is 6.07 Å². The molecule has 0 fully saturated rings. The molecule has 1 aromatic rings. The Kier molecular flexibility index (Phi) is 4.05. The van der Waals surface area contributed by atoms with Gasteiger partial charge in [-0.2, -0.15) is 12.6 Å². The third-order valence-electron chi connectivity index (χ3n) is 2.29. The molecule has 0 heterocycles. The van der Waals surface area contributed by atoms with Gasteiger partial charge in [0.2, 0.25) is 0 Å². The van der Waals surface area contributed by atoms with E-state index in [2.05, 4.69) is 12.6 Å². The zero-order valence-electron chi connectivity index (χ0n) is 8.93. The van der Waals surface area contributed by atoms with Crippen LogP contribution >= 0.6 is 24.2 Å². The standard InChI is InChI=1S/C11H13ClO2S/c1-6-4-9(14-3)10(8(13)5-15)7(2)11(6)12/h4,15H,5H2,1-3H3. The average molecular weight is 245 g/mol. The summed E-state index contributed by atoms with van der Waals surface area (Å²) in [6.07, 6.45) is 0. The number of benzene rings is 1. The van der Waals surface area contributed by atoms with Gasteiger partial charge in [-0.3, -0.25) is 4.79 Å². The van der Waals surface area contributed by atoms with Crippen LogP contribution in [0.1, 0.15) is 21.5 Å². The number of ether oxygens (including phenoxy) is 1. The Balaban J connectivity index is 3.47. The maximum absolute atomic E-state index is 11.7. The summed E-state index contributed by atoms with van der Waals surface area (Å²) in [5.74, 6) is 0.638. The Labute approximate surface area is 100.0 Å². The van der Waals surface area contributed by atoms with Crippen molar-refractivity contribution >= 4 is 30.0 Å². The van der Waals surface area contributed by atoms with Gasteiger partial charge in [-0.15, -0.1) is 0 Å². The highest BCUT2D eigenvalue weighted by atomic mass is 35.5. The highest BCUT2D eigenvalue weighted by Crippen LogP contribution is 2.31. The summed E-state index contributed by atoms with van der Waals surface area (Å²) in [6, 6.07) is 1.77. The number of hydrogen-bond donors (Lipinski definition) is 1. The van der Waals surface area contributed by atoms with Gasteiger partial charge in [0.25, 0.3) is 0 Å². The number of methoxy groups -OCH3 is 1. The van der Waals surface area contributed by atoms with Crippen molar-refractivity contribution in [3.63, 3.8) is 0 Å². The van der Waals surface area contributed by atoms with E-state index < -0.39 is 0 Å². The summed E-state index contributed by atoms with van der Waals surface area (Å²) in [7, 11) is 1.54. The van der Waals surface area contributed by atoms with Crippen LogP contribution in [0, 0.1) is 13.8 Å². The molecule has 0 saturated heterocycles. The van der Waals surface area contributed by atoms with Crippen molar-refractivity contribution in [2.24, 2.45) is 0 Å². The predicted octanol–water partition coefficient (Wildman–Crippen LogP) is 3.08. The highest BCUT2D eigenvalue weighted by molar-refractivity contribution is 7.81. The predicted molar refractivity (Wildman–Crippen MR) is 65.7 cm³/mol. The highest BCUT2D eigenvalue weighted by Gasteiger charge is 2.17. The molecule has 0 bridgehead atoms. The van der Waals surface area contributed by atoms with Crippen LogP contribution < -0.4 is 4.74 Å². The topological polar surface area (TPSA) is 26.3 Å². The molecular weight excluding hydrogens is 232 g/mol. The number of rotatable bonds is 3. The van der Waals surface area contributed by atoms with Crippen molar-refractivity contribution in [2.45, 2.75) is 13.8 Å². The van der Waals surface area contributed by atoms with E-state index in [1.54, 1.807) is 6.07 Å². The van der Waals surface area contributed by atoms with Gasteiger partial charge in [-0.1, -0.05) is 11.6 Å². The first-order valence-electron chi connectivity index (χ1n) is 4.50. The third kappa shape index (κ3) is 2.29. The molecular formula is C11H13ClO2S. The fourth-order valence-electron chi connectivity index (χ4n) is 1.51. The summed E-state index contributed by atoms with van der Waals surface area (Å²) in [4.78, 5) is 11.7. The first kappa shape index (κ1) is 12.4. The second kappa shape index (κ2) is 4.90. The Morgan fingerprint density at radius 3 is 2.60 bits per heavy atom. The summed E-state index contributed by atoms with van der Waals surface area (Å²) in [6.45, 7) is 3.70. The second-order valence-electron chi connectivity index (χ2n) is 3.29. The summed E-state index contributed by atoms with van der Waals surface area (Å²) < 4.78 is 5.17. The van der Waals surface area contributed by atoms with Crippen LogP contribution in [0.2, 0.25) is 5.02 Å². The van der Waals surface area contributed by atoms with Crippen molar-refractivity contribution < 1.29 is 9.53 Å². The third-order valence-corrected chi connectivity index (χ3v) is 3.16. The Bertz CT molecular complexity index is 402. The molecule has 0 N–H and O–H groups in total. The summed E-state index contributed by atoms with van der Waals surface area (Å²) >= 11 is 10.1.